The molecule has 1 aliphatic rings. The number of likely N-dealkylation sites (tertiary alicyclic amines) is 1. The standard InChI is InChI=1S/C22H22FN5O2/c1-15-25-20(26-28(15)19-9-7-18(23)8-10-19)21(29)24-14-16-5-4-6-17(13-16)22(30)27-11-2-3-12-27/h4-10,13H,2-3,11-12,14H2,1H3,(H,24,29). The Morgan fingerprint density at radius 3 is 2.57 bits per heavy atom. The highest BCUT2D eigenvalue weighted by Crippen LogP contribution is 2.14. The van der Waals surface area contributed by atoms with Crippen molar-refractivity contribution < 1.29 is 14.0 Å². The third-order valence-electron chi connectivity index (χ3n) is 5.06. The van der Waals surface area contributed by atoms with Crippen LogP contribution in [0.2, 0.25) is 0 Å². The zero-order chi connectivity index (χ0) is 21.1. The number of aromatic nitrogens is 3. The fraction of sp³-hybridized carbons (Fsp3) is 0.273. The van der Waals surface area contributed by atoms with Gasteiger partial charge in [0.1, 0.15) is 11.6 Å². The van der Waals surface area contributed by atoms with E-state index in [9.17, 15) is 14.0 Å². The van der Waals surface area contributed by atoms with Gasteiger partial charge in [0.15, 0.2) is 0 Å². The highest BCUT2D eigenvalue weighted by Gasteiger charge is 2.20. The van der Waals surface area contributed by atoms with Crippen LogP contribution >= 0.6 is 0 Å². The second kappa shape index (κ2) is 8.44. The Morgan fingerprint density at radius 2 is 1.83 bits per heavy atom. The summed E-state index contributed by atoms with van der Waals surface area (Å²) in [5, 5.41) is 7.02. The molecule has 30 heavy (non-hydrogen) atoms. The van der Waals surface area contributed by atoms with Gasteiger partial charge in [-0.2, -0.15) is 0 Å². The predicted molar refractivity (Wildman–Crippen MR) is 109 cm³/mol. The van der Waals surface area contributed by atoms with Gasteiger partial charge in [0, 0.05) is 25.2 Å². The Hall–Kier alpha value is -3.55. The van der Waals surface area contributed by atoms with E-state index in [0.717, 1.165) is 31.5 Å². The van der Waals surface area contributed by atoms with Crippen LogP contribution in [-0.2, 0) is 6.54 Å². The van der Waals surface area contributed by atoms with E-state index in [0.29, 0.717) is 17.1 Å². The van der Waals surface area contributed by atoms with E-state index >= 15 is 0 Å². The molecule has 1 N–H and O–H groups in total. The predicted octanol–water partition coefficient (Wildman–Crippen LogP) is 2.88. The number of hydrogen-bond acceptors (Lipinski definition) is 4. The number of aryl methyl sites for hydroxylation is 1. The minimum Gasteiger partial charge on any atom is -0.345 e. The maximum Gasteiger partial charge on any atom is 0.291 e. The molecule has 154 valence electrons. The Balaban J connectivity index is 1.43. The Labute approximate surface area is 173 Å². The van der Waals surface area contributed by atoms with Crippen molar-refractivity contribution in [2.24, 2.45) is 0 Å². The van der Waals surface area contributed by atoms with Crippen LogP contribution in [0.5, 0.6) is 0 Å². The van der Waals surface area contributed by atoms with Crippen molar-refractivity contribution in [3.05, 3.63) is 77.1 Å². The van der Waals surface area contributed by atoms with Gasteiger partial charge in [0.2, 0.25) is 5.82 Å². The van der Waals surface area contributed by atoms with Gasteiger partial charge in [-0.15, -0.1) is 5.10 Å². The van der Waals surface area contributed by atoms with Crippen LogP contribution < -0.4 is 5.32 Å². The summed E-state index contributed by atoms with van der Waals surface area (Å²) < 4.78 is 14.6. The summed E-state index contributed by atoms with van der Waals surface area (Å²) in [5.74, 6) is -0.197. The number of nitrogens with one attached hydrogen (secondary N) is 1. The average molecular weight is 407 g/mol. The van der Waals surface area contributed by atoms with Gasteiger partial charge in [-0.05, 0) is 61.7 Å². The van der Waals surface area contributed by atoms with E-state index in [1.807, 2.05) is 17.0 Å². The molecule has 1 aliphatic heterocycles. The molecule has 0 saturated carbocycles. The van der Waals surface area contributed by atoms with Crippen LogP contribution in [0, 0.1) is 12.7 Å². The smallest absolute Gasteiger partial charge is 0.291 e. The van der Waals surface area contributed by atoms with Crippen molar-refractivity contribution in [2.75, 3.05) is 13.1 Å². The number of benzene rings is 2. The molecule has 2 amide bonds. The highest BCUT2D eigenvalue weighted by atomic mass is 19.1. The normalized spacial score (nSPS) is 13.5. The van der Waals surface area contributed by atoms with Crippen molar-refractivity contribution in [3.63, 3.8) is 0 Å². The van der Waals surface area contributed by atoms with Gasteiger partial charge >= 0.3 is 0 Å². The molecule has 1 saturated heterocycles. The van der Waals surface area contributed by atoms with E-state index in [2.05, 4.69) is 15.4 Å². The molecule has 4 rings (SSSR count). The molecule has 0 radical (unpaired) electrons. The van der Waals surface area contributed by atoms with E-state index in [1.54, 1.807) is 31.2 Å². The summed E-state index contributed by atoms with van der Waals surface area (Å²) in [7, 11) is 0. The van der Waals surface area contributed by atoms with Gasteiger partial charge in [-0.25, -0.2) is 14.1 Å². The zero-order valence-corrected chi connectivity index (χ0v) is 16.6. The van der Waals surface area contributed by atoms with E-state index in [4.69, 9.17) is 0 Å². The van der Waals surface area contributed by atoms with Crippen molar-refractivity contribution in [1.29, 1.82) is 0 Å². The SMILES string of the molecule is Cc1nc(C(=O)NCc2cccc(C(=O)N3CCCC3)c2)nn1-c1ccc(F)cc1. The average Bonchev–Trinajstić information content (AvgIpc) is 3.42. The molecule has 2 aromatic carbocycles. The number of rotatable bonds is 5. The number of nitrogens with zero attached hydrogens (tertiary/aromatic N) is 4. The molecular weight excluding hydrogens is 385 g/mol. The molecule has 0 atom stereocenters. The molecule has 0 unspecified atom stereocenters. The maximum absolute atomic E-state index is 13.1. The molecule has 3 aromatic rings. The molecular formula is C22H22FN5O2. The summed E-state index contributed by atoms with van der Waals surface area (Å²) in [6, 6.07) is 13.1. The molecule has 7 nitrogen and oxygen atoms in total. The lowest BCUT2D eigenvalue weighted by Gasteiger charge is -2.15. The Kier molecular flexibility index (Phi) is 5.56. The van der Waals surface area contributed by atoms with Gasteiger partial charge in [0.05, 0.1) is 5.69 Å². The quantitative estimate of drug-likeness (QED) is 0.705. The lowest BCUT2D eigenvalue weighted by atomic mass is 10.1. The monoisotopic (exact) mass is 407 g/mol. The number of halogens is 1. The number of carbonyl (C=O) groups is 2. The second-order valence-electron chi connectivity index (χ2n) is 7.25. The Morgan fingerprint density at radius 1 is 1.10 bits per heavy atom. The summed E-state index contributed by atoms with van der Waals surface area (Å²) in [6.45, 7) is 3.56. The van der Waals surface area contributed by atoms with Gasteiger partial charge in [0.25, 0.3) is 11.8 Å². The van der Waals surface area contributed by atoms with E-state index in [1.165, 1.54) is 16.8 Å². The van der Waals surface area contributed by atoms with Crippen LogP contribution in [0.25, 0.3) is 5.69 Å². The van der Waals surface area contributed by atoms with E-state index < -0.39 is 5.91 Å². The van der Waals surface area contributed by atoms with Crippen molar-refractivity contribution >= 4 is 11.8 Å². The molecule has 1 aromatic heterocycles. The molecule has 8 heteroatoms. The van der Waals surface area contributed by atoms with Gasteiger partial charge in [-0.3, -0.25) is 9.59 Å². The number of amides is 2. The minimum absolute atomic E-state index is 0.0241. The third kappa shape index (κ3) is 4.22. The Bertz CT molecular complexity index is 1070. The summed E-state index contributed by atoms with van der Waals surface area (Å²) in [6.07, 6.45) is 2.08. The molecule has 0 aliphatic carbocycles. The topological polar surface area (TPSA) is 80.1 Å². The largest absolute Gasteiger partial charge is 0.345 e. The lowest BCUT2D eigenvalue weighted by molar-refractivity contribution is 0.0792. The first-order chi connectivity index (χ1) is 14.5. The lowest BCUT2D eigenvalue weighted by Crippen LogP contribution is -2.28. The van der Waals surface area contributed by atoms with Crippen LogP contribution in [0.3, 0.4) is 0 Å². The number of hydrogen-bond donors (Lipinski definition) is 1. The van der Waals surface area contributed by atoms with Crippen molar-refractivity contribution in [1.82, 2.24) is 25.0 Å². The molecule has 2 heterocycles. The van der Waals surface area contributed by atoms with Crippen molar-refractivity contribution in [3.8, 4) is 5.69 Å². The summed E-state index contributed by atoms with van der Waals surface area (Å²) in [4.78, 5) is 31.1. The van der Waals surface area contributed by atoms with Crippen LogP contribution in [0.1, 0.15) is 45.2 Å². The summed E-state index contributed by atoms with van der Waals surface area (Å²) in [5.41, 5.74) is 2.06. The van der Waals surface area contributed by atoms with Gasteiger partial charge in [-0.1, -0.05) is 12.1 Å². The van der Waals surface area contributed by atoms with E-state index in [-0.39, 0.29) is 24.1 Å². The van der Waals surface area contributed by atoms with Crippen LogP contribution in [0.15, 0.2) is 48.5 Å². The molecule has 1 fully saturated rings. The highest BCUT2D eigenvalue weighted by molar-refractivity contribution is 5.94. The second-order valence-corrected chi connectivity index (χ2v) is 7.25. The first-order valence-electron chi connectivity index (χ1n) is 9.87. The van der Waals surface area contributed by atoms with Crippen molar-refractivity contribution in [2.45, 2.75) is 26.3 Å². The molecule has 0 spiro atoms. The minimum atomic E-state index is -0.421. The molecule has 0 bridgehead atoms. The number of carbonyl (C=O) groups excluding carboxylic acids is 2. The van der Waals surface area contributed by atoms with Crippen LogP contribution in [0.4, 0.5) is 4.39 Å². The fourth-order valence-corrected chi connectivity index (χ4v) is 3.49. The first-order valence-corrected chi connectivity index (χ1v) is 9.87. The fourth-order valence-electron chi connectivity index (χ4n) is 3.49. The van der Waals surface area contributed by atoms with Crippen LogP contribution in [-0.4, -0.2) is 44.6 Å². The van der Waals surface area contributed by atoms with Gasteiger partial charge < -0.3 is 10.2 Å². The zero-order valence-electron chi connectivity index (χ0n) is 16.6. The summed E-state index contributed by atoms with van der Waals surface area (Å²) >= 11 is 0. The first kappa shape index (κ1) is 19.8. The third-order valence-corrected chi connectivity index (χ3v) is 5.06. The maximum atomic E-state index is 13.1.